The Kier molecular flexibility index (Phi) is 4.55. The predicted octanol–water partition coefficient (Wildman–Crippen LogP) is -1.65. The highest BCUT2D eigenvalue weighted by atomic mass is 16.2. The molecular formula is C14H27N5O. The summed E-state index contributed by atoms with van der Waals surface area (Å²) in [7, 11) is 2.12. The Morgan fingerprint density at radius 2 is 1.70 bits per heavy atom. The Morgan fingerprint density at radius 1 is 1.05 bits per heavy atom. The Morgan fingerprint density at radius 3 is 2.35 bits per heavy atom. The largest absolute Gasteiger partial charge is 0.339 e. The number of nitrogens with zero attached hydrogens (tertiary/aromatic N) is 4. The van der Waals surface area contributed by atoms with E-state index >= 15 is 0 Å². The van der Waals surface area contributed by atoms with Crippen molar-refractivity contribution < 1.29 is 4.79 Å². The molecule has 0 aromatic carbocycles. The van der Waals surface area contributed by atoms with Crippen molar-refractivity contribution in [1.82, 2.24) is 24.9 Å². The summed E-state index contributed by atoms with van der Waals surface area (Å²) in [4.78, 5) is 21.4. The third-order valence-corrected chi connectivity index (χ3v) is 4.82. The van der Waals surface area contributed by atoms with Crippen molar-refractivity contribution in [3.8, 4) is 0 Å². The smallest absolute Gasteiger partial charge is 0.236 e. The number of piperazine rings is 2. The zero-order chi connectivity index (χ0) is 13.9. The second kappa shape index (κ2) is 6.39. The zero-order valence-corrected chi connectivity index (χ0v) is 12.6. The van der Waals surface area contributed by atoms with Gasteiger partial charge in [0.1, 0.15) is 0 Å². The average Bonchev–Trinajstić information content (AvgIpc) is 2.44. The second-order valence-electron chi connectivity index (χ2n) is 6.32. The Bertz CT molecular complexity index is 330. The highest BCUT2D eigenvalue weighted by molar-refractivity contribution is 5.78. The first kappa shape index (κ1) is 14.3. The van der Waals surface area contributed by atoms with E-state index in [2.05, 4.69) is 27.1 Å². The van der Waals surface area contributed by atoms with Gasteiger partial charge in [0.05, 0.1) is 6.54 Å². The molecule has 0 unspecified atom stereocenters. The number of carbonyl (C=O) groups excluding carboxylic acids is 1. The quantitative estimate of drug-likeness (QED) is 0.671. The number of amides is 1. The lowest BCUT2D eigenvalue weighted by Gasteiger charge is -2.47. The predicted molar refractivity (Wildman–Crippen MR) is 78.7 cm³/mol. The summed E-state index contributed by atoms with van der Waals surface area (Å²) in [5, 5.41) is 3.39. The van der Waals surface area contributed by atoms with Gasteiger partial charge in [-0.05, 0) is 7.05 Å². The van der Waals surface area contributed by atoms with Crippen molar-refractivity contribution in [2.75, 3.05) is 79.0 Å². The molecule has 6 nitrogen and oxygen atoms in total. The van der Waals surface area contributed by atoms with Gasteiger partial charge in [0.25, 0.3) is 0 Å². The molecular weight excluding hydrogens is 254 g/mol. The van der Waals surface area contributed by atoms with Crippen LogP contribution in [0.3, 0.4) is 0 Å². The van der Waals surface area contributed by atoms with Gasteiger partial charge < -0.3 is 15.1 Å². The van der Waals surface area contributed by atoms with E-state index in [9.17, 15) is 4.79 Å². The lowest BCUT2D eigenvalue weighted by molar-refractivity contribution is -0.136. The van der Waals surface area contributed by atoms with Crippen molar-refractivity contribution in [1.29, 1.82) is 0 Å². The van der Waals surface area contributed by atoms with Gasteiger partial charge >= 0.3 is 0 Å². The molecule has 0 saturated carbocycles. The van der Waals surface area contributed by atoms with Crippen LogP contribution in [0.25, 0.3) is 0 Å². The summed E-state index contributed by atoms with van der Waals surface area (Å²) < 4.78 is 0. The number of carbonyl (C=O) groups is 1. The van der Waals surface area contributed by atoms with E-state index in [1.807, 2.05) is 4.90 Å². The highest BCUT2D eigenvalue weighted by Crippen LogP contribution is 2.15. The summed E-state index contributed by atoms with van der Waals surface area (Å²) in [5.41, 5.74) is 0. The summed E-state index contributed by atoms with van der Waals surface area (Å²) >= 11 is 0. The minimum absolute atomic E-state index is 0.317. The molecule has 114 valence electrons. The van der Waals surface area contributed by atoms with E-state index in [1.54, 1.807) is 0 Å². The maximum atomic E-state index is 12.2. The molecule has 3 aliphatic rings. The van der Waals surface area contributed by atoms with Crippen LogP contribution >= 0.6 is 0 Å². The van der Waals surface area contributed by atoms with Gasteiger partial charge in [-0.3, -0.25) is 14.6 Å². The van der Waals surface area contributed by atoms with E-state index in [4.69, 9.17) is 0 Å². The van der Waals surface area contributed by atoms with Crippen LogP contribution in [-0.2, 0) is 4.79 Å². The van der Waals surface area contributed by atoms with Crippen molar-refractivity contribution in [3.63, 3.8) is 0 Å². The molecule has 20 heavy (non-hydrogen) atoms. The van der Waals surface area contributed by atoms with Crippen LogP contribution in [-0.4, -0.2) is 111 Å². The third-order valence-electron chi connectivity index (χ3n) is 4.82. The first-order chi connectivity index (χ1) is 9.72. The van der Waals surface area contributed by atoms with Crippen molar-refractivity contribution in [2.24, 2.45) is 0 Å². The SMILES string of the molecule is CN1CCN(C(=O)CN2CC(N3CCNCC3)C2)CC1. The first-order valence-electron chi connectivity index (χ1n) is 7.86. The maximum absolute atomic E-state index is 12.2. The first-order valence-corrected chi connectivity index (χ1v) is 7.86. The molecule has 0 atom stereocenters. The van der Waals surface area contributed by atoms with E-state index in [0.717, 1.165) is 65.4 Å². The molecule has 1 amide bonds. The zero-order valence-electron chi connectivity index (χ0n) is 12.6. The topological polar surface area (TPSA) is 42.1 Å². The minimum atomic E-state index is 0.317. The number of likely N-dealkylation sites (tertiary alicyclic amines) is 1. The van der Waals surface area contributed by atoms with Gasteiger partial charge in [-0.15, -0.1) is 0 Å². The minimum Gasteiger partial charge on any atom is -0.339 e. The molecule has 0 aromatic heterocycles. The number of likely N-dealkylation sites (N-methyl/N-ethyl adjacent to an activating group) is 1. The molecule has 0 spiro atoms. The van der Waals surface area contributed by atoms with Crippen molar-refractivity contribution >= 4 is 5.91 Å². The normalized spacial score (nSPS) is 27.6. The number of nitrogens with one attached hydrogen (secondary N) is 1. The Balaban J connectivity index is 1.36. The second-order valence-corrected chi connectivity index (χ2v) is 6.32. The standard InChI is InChI=1S/C14H27N5O/c1-16-6-8-19(9-7-16)14(20)12-17-10-13(11-17)18-4-2-15-3-5-18/h13,15H,2-12H2,1H3. The fourth-order valence-electron chi connectivity index (χ4n) is 3.30. The lowest BCUT2D eigenvalue weighted by Crippen LogP contribution is -2.64. The number of hydrogen-bond acceptors (Lipinski definition) is 5. The van der Waals surface area contributed by atoms with Crippen LogP contribution in [0.4, 0.5) is 0 Å². The van der Waals surface area contributed by atoms with Gasteiger partial charge in [-0.1, -0.05) is 0 Å². The molecule has 3 heterocycles. The van der Waals surface area contributed by atoms with Crippen LogP contribution < -0.4 is 5.32 Å². The molecule has 0 radical (unpaired) electrons. The van der Waals surface area contributed by atoms with E-state index in [-0.39, 0.29) is 0 Å². The molecule has 3 fully saturated rings. The highest BCUT2D eigenvalue weighted by Gasteiger charge is 2.34. The van der Waals surface area contributed by atoms with Gasteiger partial charge in [0.15, 0.2) is 0 Å². The van der Waals surface area contributed by atoms with Crippen LogP contribution in [0.1, 0.15) is 0 Å². The molecule has 6 heteroatoms. The van der Waals surface area contributed by atoms with Crippen molar-refractivity contribution in [3.05, 3.63) is 0 Å². The number of hydrogen-bond donors (Lipinski definition) is 1. The van der Waals surface area contributed by atoms with E-state index in [0.29, 0.717) is 18.5 Å². The fourth-order valence-corrected chi connectivity index (χ4v) is 3.30. The molecule has 1 N–H and O–H groups in total. The Hall–Kier alpha value is -0.690. The molecule has 0 aliphatic carbocycles. The van der Waals surface area contributed by atoms with Gasteiger partial charge in [-0.2, -0.15) is 0 Å². The van der Waals surface area contributed by atoms with E-state index in [1.165, 1.54) is 0 Å². The fraction of sp³-hybridized carbons (Fsp3) is 0.929. The van der Waals surface area contributed by atoms with Gasteiger partial charge in [0, 0.05) is 71.5 Å². The van der Waals surface area contributed by atoms with Crippen LogP contribution in [0.15, 0.2) is 0 Å². The van der Waals surface area contributed by atoms with Crippen LogP contribution in [0.2, 0.25) is 0 Å². The Labute approximate surface area is 121 Å². The molecule has 0 bridgehead atoms. The van der Waals surface area contributed by atoms with Gasteiger partial charge in [0.2, 0.25) is 5.91 Å². The maximum Gasteiger partial charge on any atom is 0.236 e. The average molecular weight is 281 g/mol. The monoisotopic (exact) mass is 281 g/mol. The summed E-state index contributed by atoms with van der Waals surface area (Å²) in [6, 6.07) is 0.678. The number of rotatable bonds is 3. The third kappa shape index (κ3) is 3.31. The molecule has 3 aliphatic heterocycles. The summed E-state index contributed by atoms with van der Waals surface area (Å²) in [6.45, 7) is 11.1. The van der Waals surface area contributed by atoms with E-state index < -0.39 is 0 Å². The van der Waals surface area contributed by atoms with Crippen molar-refractivity contribution in [2.45, 2.75) is 6.04 Å². The van der Waals surface area contributed by atoms with Crippen LogP contribution in [0, 0.1) is 0 Å². The van der Waals surface area contributed by atoms with Crippen LogP contribution in [0.5, 0.6) is 0 Å². The lowest BCUT2D eigenvalue weighted by atomic mass is 10.1. The van der Waals surface area contributed by atoms with Gasteiger partial charge in [-0.25, -0.2) is 0 Å². The summed E-state index contributed by atoms with van der Waals surface area (Å²) in [6.07, 6.45) is 0. The molecule has 3 rings (SSSR count). The molecule has 3 saturated heterocycles. The summed E-state index contributed by atoms with van der Waals surface area (Å²) in [5.74, 6) is 0.317. The molecule has 0 aromatic rings.